The van der Waals surface area contributed by atoms with E-state index in [1.165, 1.54) is 19.3 Å². The van der Waals surface area contributed by atoms with Gasteiger partial charge in [0.05, 0.1) is 7.11 Å². The van der Waals surface area contributed by atoms with Crippen LogP contribution in [-0.2, 0) is 0 Å². The predicted octanol–water partition coefficient (Wildman–Crippen LogP) is 2.95. The first kappa shape index (κ1) is 16.8. The van der Waals surface area contributed by atoms with Gasteiger partial charge in [-0.25, -0.2) is 0 Å². The summed E-state index contributed by atoms with van der Waals surface area (Å²) in [5.41, 5.74) is 1.07. The van der Waals surface area contributed by atoms with Crippen LogP contribution in [0, 0.1) is 0 Å². The molecule has 2 rings (SSSR count). The Bertz CT molecular complexity index is 497. The largest absolute Gasteiger partial charge is 0.493 e. The zero-order valence-electron chi connectivity index (χ0n) is 13.8. The van der Waals surface area contributed by atoms with Crippen molar-refractivity contribution in [3.63, 3.8) is 0 Å². The third kappa shape index (κ3) is 4.49. The van der Waals surface area contributed by atoms with E-state index in [0.717, 1.165) is 5.56 Å². The molecule has 4 nitrogen and oxygen atoms in total. The van der Waals surface area contributed by atoms with Gasteiger partial charge in [0.15, 0.2) is 11.5 Å². The number of nitrogens with zero attached hydrogens (tertiary/aromatic N) is 1. The molecular weight excluding hydrogens is 278 g/mol. The summed E-state index contributed by atoms with van der Waals surface area (Å²) in [5.74, 6) is 1.36. The summed E-state index contributed by atoms with van der Waals surface area (Å²) in [5, 5.41) is 10.1. The first-order valence-corrected chi connectivity index (χ1v) is 7.96. The number of aliphatic hydroxyl groups is 1. The van der Waals surface area contributed by atoms with Gasteiger partial charge in [-0.2, -0.15) is 0 Å². The first-order valence-electron chi connectivity index (χ1n) is 7.96. The average Bonchev–Trinajstić information content (AvgIpc) is 2.44. The summed E-state index contributed by atoms with van der Waals surface area (Å²) in [4.78, 5) is 2.23. The van der Waals surface area contributed by atoms with E-state index < -0.39 is 6.10 Å². The van der Waals surface area contributed by atoms with Gasteiger partial charge in [-0.15, -0.1) is 0 Å². The Labute approximate surface area is 133 Å². The van der Waals surface area contributed by atoms with Crippen molar-refractivity contribution >= 4 is 6.08 Å². The molecule has 1 aromatic carbocycles. The standard InChI is InChI=1S/C18H27NO3/c1-4-6-14-9-10-17(18(11-14)21-3)22-13-16(20)12-19(2)15-7-5-8-15/h4,6,9-11,15-16,20H,5,7-8,12-13H2,1-3H3/b6-4+. The van der Waals surface area contributed by atoms with Gasteiger partial charge in [0.25, 0.3) is 0 Å². The van der Waals surface area contributed by atoms with Crippen LogP contribution in [0.15, 0.2) is 24.3 Å². The van der Waals surface area contributed by atoms with Gasteiger partial charge in [-0.05, 0) is 44.5 Å². The second-order valence-corrected chi connectivity index (χ2v) is 5.90. The number of ether oxygens (including phenoxy) is 2. The summed E-state index contributed by atoms with van der Waals surface area (Å²) in [7, 11) is 3.70. The number of rotatable bonds is 8. The van der Waals surface area contributed by atoms with Crippen LogP contribution in [0.2, 0.25) is 0 Å². The smallest absolute Gasteiger partial charge is 0.161 e. The van der Waals surface area contributed by atoms with E-state index in [9.17, 15) is 5.11 Å². The van der Waals surface area contributed by atoms with Crippen LogP contribution >= 0.6 is 0 Å². The molecule has 0 spiro atoms. The molecule has 1 aromatic rings. The molecule has 22 heavy (non-hydrogen) atoms. The normalized spacial score (nSPS) is 16.8. The van der Waals surface area contributed by atoms with Crippen LogP contribution in [0.25, 0.3) is 6.08 Å². The maximum Gasteiger partial charge on any atom is 0.161 e. The lowest BCUT2D eigenvalue weighted by molar-refractivity contribution is 0.0469. The molecule has 0 heterocycles. The van der Waals surface area contributed by atoms with Crippen LogP contribution < -0.4 is 9.47 Å². The van der Waals surface area contributed by atoms with E-state index in [2.05, 4.69) is 11.9 Å². The molecule has 0 saturated heterocycles. The first-order chi connectivity index (χ1) is 10.6. The molecule has 1 saturated carbocycles. The zero-order chi connectivity index (χ0) is 15.9. The molecule has 0 radical (unpaired) electrons. The average molecular weight is 305 g/mol. The van der Waals surface area contributed by atoms with Gasteiger partial charge < -0.3 is 19.5 Å². The fourth-order valence-electron chi connectivity index (χ4n) is 2.65. The third-order valence-electron chi connectivity index (χ3n) is 4.17. The van der Waals surface area contributed by atoms with Crippen molar-refractivity contribution in [3.8, 4) is 11.5 Å². The Balaban J connectivity index is 1.87. The van der Waals surface area contributed by atoms with Crippen LogP contribution in [0.1, 0.15) is 31.7 Å². The number of hydrogen-bond acceptors (Lipinski definition) is 4. The second-order valence-electron chi connectivity index (χ2n) is 5.90. The van der Waals surface area contributed by atoms with Gasteiger partial charge in [-0.3, -0.25) is 0 Å². The van der Waals surface area contributed by atoms with Gasteiger partial charge in [-0.1, -0.05) is 24.6 Å². The lowest BCUT2D eigenvalue weighted by atomic mass is 9.92. The maximum absolute atomic E-state index is 10.1. The van der Waals surface area contributed by atoms with E-state index in [1.807, 2.05) is 37.3 Å². The van der Waals surface area contributed by atoms with Gasteiger partial charge in [0.1, 0.15) is 12.7 Å². The minimum atomic E-state index is -0.495. The fourth-order valence-corrected chi connectivity index (χ4v) is 2.65. The highest BCUT2D eigenvalue weighted by molar-refractivity contribution is 5.55. The van der Waals surface area contributed by atoms with Crippen molar-refractivity contribution in [1.82, 2.24) is 4.90 Å². The monoisotopic (exact) mass is 305 g/mol. The van der Waals surface area contributed by atoms with Crippen molar-refractivity contribution in [3.05, 3.63) is 29.8 Å². The third-order valence-corrected chi connectivity index (χ3v) is 4.17. The van der Waals surface area contributed by atoms with Crippen molar-refractivity contribution in [2.75, 3.05) is 27.3 Å². The van der Waals surface area contributed by atoms with Crippen LogP contribution in [0.5, 0.6) is 11.5 Å². The number of benzene rings is 1. The molecule has 0 aliphatic heterocycles. The van der Waals surface area contributed by atoms with Crippen LogP contribution in [-0.4, -0.2) is 49.5 Å². The summed E-state index contributed by atoms with van der Waals surface area (Å²) in [6.45, 7) is 2.89. The minimum Gasteiger partial charge on any atom is -0.493 e. The van der Waals surface area contributed by atoms with Gasteiger partial charge in [0, 0.05) is 12.6 Å². The maximum atomic E-state index is 10.1. The summed E-state index contributed by atoms with van der Waals surface area (Å²) in [6, 6.07) is 6.42. The summed E-state index contributed by atoms with van der Waals surface area (Å²) < 4.78 is 11.1. The Morgan fingerprint density at radius 2 is 2.14 bits per heavy atom. The number of aliphatic hydroxyl groups excluding tert-OH is 1. The van der Waals surface area contributed by atoms with Crippen molar-refractivity contribution in [2.24, 2.45) is 0 Å². The molecule has 1 unspecified atom stereocenters. The lowest BCUT2D eigenvalue weighted by Crippen LogP contribution is -2.42. The molecule has 0 bridgehead atoms. The van der Waals surface area contributed by atoms with E-state index in [-0.39, 0.29) is 6.61 Å². The molecule has 1 aliphatic carbocycles. The minimum absolute atomic E-state index is 0.274. The fraction of sp³-hybridized carbons (Fsp3) is 0.556. The summed E-state index contributed by atoms with van der Waals surface area (Å²) >= 11 is 0. The number of likely N-dealkylation sites (N-methyl/N-ethyl adjacent to an activating group) is 1. The van der Waals surface area contributed by atoms with Gasteiger partial charge >= 0.3 is 0 Å². The van der Waals surface area contributed by atoms with Crippen LogP contribution in [0.4, 0.5) is 0 Å². The van der Waals surface area contributed by atoms with Crippen molar-refractivity contribution in [2.45, 2.75) is 38.3 Å². The lowest BCUT2D eigenvalue weighted by Gasteiger charge is -2.35. The molecule has 1 atom stereocenters. The molecule has 1 N–H and O–H groups in total. The highest BCUT2D eigenvalue weighted by atomic mass is 16.5. The van der Waals surface area contributed by atoms with E-state index in [4.69, 9.17) is 9.47 Å². The van der Waals surface area contributed by atoms with Crippen LogP contribution in [0.3, 0.4) is 0 Å². The highest BCUT2D eigenvalue weighted by Crippen LogP contribution is 2.29. The second kappa shape index (κ2) is 8.20. The molecule has 0 aromatic heterocycles. The number of methoxy groups -OCH3 is 1. The van der Waals surface area contributed by atoms with E-state index >= 15 is 0 Å². The Morgan fingerprint density at radius 1 is 1.36 bits per heavy atom. The quantitative estimate of drug-likeness (QED) is 0.802. The molecule has 122 valence electrons. The molecule has 0 amide bonds. The Kier molecular flexibility index (Phi) is 6.28. The Morgan fingerprint density at radius 3 is 2.73 bits per heavy atom. The highest BCUT2D eigenvalue weighted by Gasteiger charge is 2.23. The number of hydrogen-bond donors (Lipinski definition) is 1. The van der Waals surface area contributed by atoms with Gasteiger partial charge in [0.2, 0.25) is 0 Å². The Hall–Kier alpha value is -1.52. The predicted molar refractivity (Wildman–Crippen MR) is 89.5 cm³/mol. The van der Waals surface area contributed by atoms with E-state index in [0.29, 0.717) is 24.1 Å². The molecular formula is C18H27NO3. The topological polar surface area (TPSA) is 41.9 Å². The molecule has 1 fully saturated rings. The van der Waals surface area contributed by atoms with Crippen molar-refractivity contribution in [1.29, 1.82) is 0 Å². The molecule has 1 aliphatic rings. The number of allylic oxidation sites excluding steroid dienone is 1. The zero-order valence-corrected chi connectivity index (χ0v) is 13.8. The molecule has 4 heteroatoms. The van der Waals surface area contributed by atoms with E-state index in [1.54, 1.807) is 7.11 Å². The SMILES string of the molecule is C/C=C/c1ccc(OCC(O)CN(C)C2CCC2)c(OC)c1. The van der Waals surface area contributed by atoms with Crippen molar-refractivity contribution < 1.29 is 14.6 Å². The summed E-state index contributed by atoms with van der Waals surface area (Å²) in [6.07, 6.45) is 7.28.